The van der Waals surface area contributed by atoms with E-state index in [1.54, 1.807) is 0 Å². The summed E-state index contributed by atoms with van der Waals surface area (Å²) in [6.07, 6.45) is 5.93. The summed E-state index contributed by atoms with van der Waals surface area (Å²) < 4.78 is 5.95. The number of nitrogens with one attached hydrogen (secondary N) is 1. The van der Waals surface area contributed by atoms with Crippen molar-refractivity contribution in [3.8, 4) is 11.1 Å². The molecular formula is C17H20N2O. The molecular weight excluding hydrogens is 248 g/mol. The molecule has 0 fully saturated rings. The number of aromatic nitrogens is 1. The number of pyridine rings is 1. The lowest BCUT2D eigenvalue weighted by molar-refractivity contribution is 0.0373. The first-order chi connectivity index (χ1) is 9.90. The molecule has 3 nitrogen and oxygen atoms in total. The Labute approximate surface area is 120 Å². The van der Waals surface area contributed by atoms with Gasteiger partial charge in [-0.1, -0.05) is 18.2 Å². The van der Waals surface area contributed by atoms with E-state index in [0.717, 1.165) is 26.0 Å². The lowest BCUT2D eigenvalue weighted by atomic mass is 9.89. The number of fused-ring (bicyclic) bond motifs is 1. The molecule has 1 aromatic carbocycles. The van der Waals surface area contributed by atoms with E-state index >= 15 is 0 Å². The largest absolute Gasteiger partial charge is 0.373 e. The summed E-state index contributed by atoms with van der Waals surface area (Å²) in [4.78, 5) is 4.11. The molecule has 0 aliphatic carbocycles. The van der Waals surface area contributed by atoms with Crippen molar-refractivity contribution in [2.75, 3.05) is 20.2 Å². The Kier molecular flexibility index (Phi) is 4.09. The highest BCUT2D eigenvalue weighted by Gasteiger charge is 2.22. The van der Waals surface area contributed by atoms with E-state index in [0.29, 0.717) is 0 Å². The number of nitrogens with zero attached hydrogens (tertiary/aromatic N) is 1. The summed E-state index contributed by atoms with van der Waals surface area (Å²) in [6.45, 7) is 1.78. The summed E-state index contributed by atoms with van der Waals surface area (Å²) in [6, 6.07) is 10.7. The Bertz CT molecular complexity index is 568. The maximum absolute atomic E-state index is 5.95. The Morgan fingerprint density at radius 3 is 2.90 bits per heavy atom. The average Bonchev–Trinajstić information content (AvgIpc) is 2.53. The molecule has 20 heavy (non-hydrogen) atoms. The van der Waals surface area contributed by atoms with Crippen molar-refractivity contribution in [2.24, 2.45) is 0 Å². The first-order valence-corrected chi connectivity index (χ1v) is 7.18. The van der Waals surface area contributed by atoms with Gasteiger partial charge in [-0.05, 0) is 60.8 Å². The van der Waals surface area contributed by atoms with Gasteiger partial charge in [0.25, 0.3) is 0 Å². The Morgan fingerprint density at radius 1 is 1.25 bits per heavy atom. The first kappa shape index (κ1) is 13.3. The Balaban J connectivity index is 1.99. The lowest BCUT2D eigenvalue weighted by Gasteiger charge is -2.28. The number of hydrogen-bond donors (Lipinski definition) is 1. The predicted molar refractivity (Wildman–Crippen MR) is 80.6 cm³/mol. The van der Waals surface area contributed by atoms with Crippen LogP contribution in [0.5, 0.6) is 0 Å². The summed E-state index contributed by atoms with van der Waals surface area (Å²) in [5.74, 6) is 0. The van der Waals surface area contributed by atoms with Crippen molar-refractivity contribution >= 4 is 0 Å². The molecule has 3 heteroatoms. The highest BCUT2D eigenvalue weighted by Crippen LogP contribution is 2.35. The minimum absolute atomic E-state index is 0.216. The fraction of sp³-hybridized carbons (Fsp3) is 0.353. The molecule has 104 valence electrons. The molecule has 1 aromatic heterocycles. The van der Waals surface area contributed by atoms with Gasteiger partial charge in [0.2, 0.25) is 0 Å². The SMILES string of the molecule is CNCC[C@@H]1OCCc2c(-c3ccncc3)cccc21. The van der Waals surface area contributed by atoms with Gasteiger partial charge in [-0.2, -0.15) is 0 Å². The van der Waals surface area contributed by atoms with Crippen LogP contribution in [-0.4, -0.2) is 25.2 Å². The molecule has 1 atom stereocenters. The van der Waals surface area contributed by atoms with Crippen LogP contribution >= 0.6 is 0 Å². The van der Waals surface area contributed by atoms with Gasteiger partial charge in [-0.25, -0.2) is 0 Å². The van der Waals surface area contributed by atoms with Gasteiger partial charge in [0, 0.05) is 12.4 Å². The van der Waals surface area contributed by atoms with Crippen LogP contribution in [0.4, 0.5) is 0 Å². The molecule has 1 N–H and O–H groups in total. The number of benzene rings is 1. The van der Waals surface area contributed by atoms with E-state index in [1.165, 1.54) is 22.3 Å². The van der Waals surface area contributed by atoms with E-state index < -0.39 is 0 Å². The maximum atomic E-state index is 5.95. The zero-order chi connectivity index (χ0) is 13.8. The predicted octanol–water partition coefficient (Wildman–Crippen LogP) is 2.97. The molecule has 0 radical (unpaired) electrons. The van der Waals surface area contributed by atoms with Crippen molar-refractivity contribution < 1.29 is 4.74 Å². The van der Waals surface area contributed by atoms with Crippen LogP contribution in [0.2, 0.25) is 0 Å². The summed E-state index contributed by atoms with van der Waals surface area (Å²) in [7, 11) is 1.98. The van der Waals surface area contributed by atoms with Crippen molar-refractivity contribution in [1.82, 2.24) is 10.3 Å². The van der Waals surface area contributed by atoms with Crippen molar-refractivity contribution in [1.29, 1.82) is 0 Å². The van der Waals surface area contributed by atoms with Crippen LogP contribution < -0.4 is 5.32 Å². The fourth-order valence-electron chi connectivity index (χ4n) is 2.89. The van der Waals surface area contributed by atoms with E-state index in [-0.39, 0.29) is 6.10 Å². The number of ether oxygens (including phenoxy) is 1. The quantitative estimate of drug-likeness (QED) is 0.925. The molecule has 1 aliphatic heterocycles. The standard InChI is InChI=1S/C17H20N2O/c1-18-9-7-17-16-4-2-3-14(15(16)8-12-20-17)13-5-10-19-11-6-13/h2-6,10-11,17-18H,7-9,12H2,1H3/t17-/m0/s1. The number of hydrogen-bond acceptors (Lipinski definition) is 3. The third-order valence-corrected chi connectivity index (χ3v) is 3.88. The minimum atomic E-state index is 0.216. The van der Waals surface area contributed by atoms with E-state index in [4.69, 9.17) is 4.74 Å². The zero-order valence-electron chi connectivity index (χ0n) is 11.8. The Morgan fingerprint density at radius 2 is 2.10 bits per heavy atom. The second kappa shape index (κ2) is 6.16. The maximum Gasteiger partial charge on any atom is 0.0840 e. The average molecular weight is 268 g/mol. The van der Waals surface area contributed by atoms with Gasteiger partial charge >= 0.3 is 0 Å². The first-order valence-electron chi connectivity index (χ1n) is 7.18. The van der Waals surface area contributed by atoms with E-state index in [1.807, 2.05) is 19.4 Å². The van der Waals surface area contributed by atoms with Gasteiger partial charge in [-0.3, -0.25) is 4.98 Å². The molecule has 0 unspecified atom stereocenters. The molecule has 0 bridgehead atoms. The van der Waals surface area contributed by atoms with Gasteiger partial charge < -0.3 is 10.1 Å². The van der Waals surface area contributed by atoms with E-state index in [2.05, 4.69) is 40.6 Å². The molecule has 0 spiro atoms. The van der Waals surface area contributed by atoms with Crippen LogP contribution in [0.15, 0.2) is 42.7 Å². The number of rotatable bonds is 4. The summed E-state index contributed by atoms with van der Waals surface area (Å²) in [5, 5.41) is 3.20. The second-order valence-electron chi connectivity index (χ2n) is 5.11. The van der Waals surface area contributed by atoms with Gasteiger partial charge in [-0.15, -0.1) is 0 Å². The fourth-order valence-corrected chi connectivity index (χ4v) is 2.89. The van der Waals surface area contributed by atoms with Crippen LogP contribution in [-0.2, 0) is 11.2 Å². The van der Waals surface area contributed by atoms with Gasteiger partial charge in [0.05, 0.1) is 12.7 Å². The van der Waals surface area contributed by atoms with Crippen LogP contribution in [0, 0.1) is 0 Å². The van der Waals surface area contributed by atoms with Crippen LogP contribution in [0.25, 0.3) is 11.1 Å². The lowest BCUT2D eigenvalue weighted by Crippen LogP contribution is -2.21. The van der Waals surface area contributed by atoms with Gasteiger partial charge in [0.1, 0.15) is 0 Å². The van der Waals surface area contributed by atoms with Crippen LogP contribution in [0.1, 0.15) is 23.7 Å². The third kappa shape index (κ3) is 2.60. The molecule has 2 aromatic rings. The zero-order valence-corrected chi connectivity index (χ0v) is 11.8. The molecule has 3 rings (SSSR count). The normalized spacial score (nSPS) is 17.8. The van der Waals surface area contributed by atoms with Crippen molar-refractivity contribution in [3.05, 3.63) is 53.9 Å². The molecule has 2 heterocycles. The smallest absolute Gasteiger partial charge is 0.0840 e. The van der Waals surface area contributed by atoms with E-state index in [9.17, 15) is 0 Å². The van der Waals surface area contributed by atoms with Crippen molar-refractivity contribution in [2.45, 2.75) is 18.9 Å². The molecule has 0 amide bonds. The summed E-state index contributed by atoms with van der Waals surface area (Å²) >= 11 is 0. The van der Waals surface area contributed by atoms with Crippen LogP contribution in [0.3, 0.4) is 0 Å². The highest BCUT2D eigenvalue weighted by atomic mass is 16.5. The third-order valence-electron chi connectivity index (χ3n) is 3.88. The van der Waals surface area contributed by atoms with Crippen molar-refractivity contribution in [3.63, 3.8) is 0 Å². The molecule has 1 aliphatic rings. The van der Waals surface area contributed by atoms with Gasteiger partial charge in [0.15, 0.2) is 0 Å². The monoisotopic (exact) mass is 268 g/mol. The Hall–Kier alpha value is -1.71. The second-order valence-corrected chi connectivity index (χ2v) is 5.11. The highest BCUT2D eigenvalue weighted by molar-refractivity contribution is 5.68. The molecule has 0 saturated carbocycles. The minimum Gasteiger partial charge on any atom is -0.373 e. The topological polar surface area (TPSA) is 34.1 Å². The molecule has 0 saturated heterocycles. The summed E-state index contributed by atoms with van der Waals surface area (Å²) in [5.41, 5.74) is 5.35.